The minimum absolute atomic E-state index is 0.0198. The highest BCUT2D eigenvalue weighted by Gasteiger charge is 2.62. The number of rotatable bonds is 11. The number of carbonyl (C=O) groups excluding carboxylic acids is 2. The van der Waals surface area contributed by atoms with Crippen molar-refractivity contribution in [2.45, 2.75) is 70.4 Å². The fourth-order valence-electron chi connectivity index (χ4n) is 7.56. The summed E-state index contributed by atoms with van der Waals surface area (Å²) in [6.07, 6.45) is 3.74. The smallest absolute Gasteiger partial charge is 0.411 e. The number of benzene rings is 1. The lowest BCUT2D eigenvalue weighted by Gasteiger charge is -2.50. The molecule has 46 heavy (non-hydrogen) atoms. The van der Waals surface area contributed by atoms with Crippen molar-refractivity contribution in [3.05, 3.63) is 22.2 Å². The normalized spacial score (nSPS) is 31.2. The topological polar surface area (TPSA) is 190 Å². The number of fused-ring (bicyclic) bond motifs is 4. The zero-order chi connectivity index (χ0) is 32.3. The molecule has 16 heteroatoms. The number of aromatic nitrogens is 2. The van der Waals surface area contributed by atoms with E-state index in [1.54, 1.807) is 0 Å². The zero-order valence-electron chi connectivity index (χ0n) is 26.2. The van der Waals surface area contributed by atoms with E-state index in [-0.39, 0.29) is 66.0 Å². The van der Waals surface area contributed by atoms with Crippen molar-refractivity contribution in [3.63, 3.8) is 0 Å². The van der Waals surface area contributed by atoms with Gasteiger partial charge in [0.2, 0.25) is 23.0 Å². The van der Waals surface area contributed by atoms with Crippen molar-refractivity contribution < 1.29 is 43.1 Å². The van der Waals surface area contributed by atoms with Gasteiger partial charge in [0.15, 0.2) is 5.52 Å². The first-order valence-electron chi connectivity index (χ1n) is 16.1. The van der Waals surface area contributed by atoms with Crippen LogP contribution in [-0.4, -0.2) is 89.7 Å². The number of nitrogens with one attached hydrogen (secondary N) is 2. The minimum Gasteiger partial charge on any atom is -0.449 e. The summed E-state index contributed by atoms with van der Waals surface area (Å²) in [4.78, 5) is 50.8. The first-order chi connectivity index (χ1) is 22.2. The van der Waals surface area contributed by atoms with Crippen molar-refractivity contribution in [2.24, 2.45) is 23.7 Å². The molecular weight excluding hydrogens is 604 g/mol. The van der Waals surface area contributed by atoms with Crippen molar-refractivity contribution in [1.29, 1.82) is 0 Å². The molecule has 2 aromatic rings. The molecule has 1 spiro atoms. The lowest BCUT2D eigenvalue weighted by Crippen LogP contribution is -2.54. The maximum absolute atomic E-state index is 12.9. The average Bonchev–Trinajstić information content (AvgIpc) is 3.67. The third-order valence-corrected chi connectivity index (χ3v) is 9.78. The summed E-state index contributed by atoms with van der Waals surface area (Å²) in [5.74, 6) is -0.981. The van der Waals surface area contributed by atoms with Gasteiger partial charge < -0.3 is 19.5 Å². The van der Waals surface area contributed by atoms with E-state index in [0.29, 0.717) is 31.6 Å². The molecule has 2 aliphatic carbocycles. The number of nitrogens with zero attached hydrogens (tertiary/aromatic N) is 4. The van der Waals surface area contributed by atoms with Crippen LogP contribution < -0.4 is 10.6 Å². The summed E-state index contributed by atoms with van der Waals surface area (Å²) in [6, 6.07) is 2.52. The standard InChI is InChI=1S/C30H42N6O10/c1-19-15-21-17-20(2)30(22(16-19)18-21)43-29(44-45-30,6-5-25(37)31-8-9-35-10-13-41-14-11-35)7-12-42-28(38)32-23-3-4-24(36(39)40)27-26(23)33-46-34-27/h3-4,19-22H,5-18H2,1-2H3,(H,31,37)(H,32,38). The van der Waals surface area contributed by atoms with E-state index in [2.05, 4.69) is 44.3 Å². The van der Waals surface area contributed by atoms with Crippen LogP contribution in [0.5, 0.6) is 0 Å². The average molecular weight is 647 g/mol. The number of carbonyl (C=O) groups is 2. The first kappa shape index (κ1) is 32.5. The van der Waals surface area contributed by atoms with Crippen LogP contribution in [0.25, 0.3) is 11.0 Å². The zero-order valence-corrected chi connectivity index (χ0v) is 26.2. The Hall–Kier alpha value is -3.44. The molecule has 4 fully saturated rings. The number of hydrogen-bond acceptors (Lipinski definition) is 13. The third-order valence-electron chi connectivity index (χ3n) is 9.78. The molecule has 2 saturated heterocycles. The number of amides is 2. The Morgan fingerprint density at radius 2 is 1.89 bits per heavy atom. The quantitative estimate of drug-likeness (QED) is 0.204. The van der Waals surface area contributed by atoms with E-state index in [4.69, 9.17) is 24.0 Å². The highest BCUT2D eigenvalue weighted by Crippen LogP contribution is 2.57. The van der Waals surface area contributed by atoms with Crippen LogP contribution in [0.2, 0.25) is 0 Å². The molecule has 4 aliphatic rings. The van der Waals surface area contributed by atoms with Crippen LogP contribution in [0.4, 0.5) is 16.2 Å². The highest BCUT2D eigenvalue weighted by atomic mass is 17.3. The van der Waals surface area contributed by atoms with Crippen LogP contribution in [0.15, 0.2) is 16.8 Å². The maximum atomic E-state index is 12.9. The molecule has 2 amide bonds. The van der Waals surface area contributed by atoms with Gasteiger partial charge in [0.1, 0.15) is 0 Å². The van der Waals surface area contributed by atoms with Gasteiger partial charge in [-0.1, -0.05) is 13.8 Å². The number of morpholine rings is 1. The summed E-state index contributed by atoms with van der Waals surface area (Å²) in [7, 11) is 0. The fourth-order valence-corrected chi connectivity index (χ4v) is 7.56. The van der Waals surface area contributed by atoms with E-state index in [1.807, 2.05) is 0 Å². The van der Waals surface area contributed by atoms with Gasteiger partial charge in [-0.15, -0.1) is 0 Å². The molecule has 16 nitrogen and oxygen atoms in total. The molecule has 2 saturated carbocycles. The van der Waals surface area contributed by atoms with Crippen LogP contribution in [-0.2, 0) is 28.8 Å². The Balaban J connectivity index is 1.09. The number of ether oxygens (including phenoxy) is 3. The van der Waals surface area contributed by atoms with Crippen molar-refractivity contribution >= 4 is 34.4 Å². The van der Waals surface area contributed by atoms with Gasteiger partial charge in [0.05, 0.1) is 30.4 Å². The number of non-ortho nitro benzene ring substituents is 1. The second-order valence-corrected chi connectivity index (χ2v) is 13.1. The van der Waals surface area contributed by atoms with Crippen LogP contribution in [0.3, 0.4) is 0 Å². The van der Waals surface area contributed by atoms with E-state index in [9.17, 15) is 19.7 Å². The molecule has 1 aromatic carbocycles. The Morgan fingerprint density at radius 1 is 1.09 bits per heavy atom. The molecule has 3 heterocycles. The molecule has 0 radical (unpaired) electrons. The van der Waals surface area contributed by atoms with Gasteiger partial charge in [-0.2, -0.15) is 9.78 Å². The first-order valence-corrected chi connectivity index (χ1v) is 16.1. The molecular formula is C30H42N6O10. The summed E-state index contributed by atoms with van der Waals surface area (Å²) in [5.41, 5.74) is -0.238. The molecule has 6 atom stereocenters. The number of nitro benzene ring substituents is 1. The molecule has 6 unspecified atom stereocenters. The molecule has 1 aromatic heterocycles. The maximum Gasteiger partial charge on any atom is 0.411 e. The van der Waals surface area contributed by atoms with E-state index < -0.39 is 22.6 Å². The fraction of sp³-hybridized carbons (Fsp3) is 0.733. The lowest BCUT2D eigenvalue weighted by molar-refractivity contribution is -0.383. The monoisotopic (exact) mass is 646 g/mol. The predicted molar refractivity (Wildman–Crippen MR) is 160 cm³/mol. The van der Waals surface area contributed by atoms with Gasteiger partial charge in [-0.25, -0.2) is 9.42 Å². The second-order valence-electron chi connectivity index (χ2n) is 13.1. The molecule has 2 bridgehead atoms. The van der Waals surface area contributed by atoms with E-state index >= 15 is 0 Å². The van der Waals surface area contributed by atoms with Crippen LogP contribution >= 0.6 is 0 Å². The second kappa shape index (κ2) is 13.7. The summed E-state index contributed by atoms with van der Waals surface area (Å²) >= 11 is 0. The Kier molecular flexibility index (Phi) is 9.70. The van der Waals surface area contributed by atoms with Gasteiger partial charge in [-0.05, 0) is 53.9 Å². The summed E-state index contributed by atoms with van der Waals surface area (Å²) < 4.78 is 22.3. The molecule has 2 N–H and O–H groups in total. The van der Waals surface area contributed by atoms with Crippen molar-refractivity contribution in [2.75, 3.05) is 51.3 Å². The van der Waals surface area contributed by atoms with Crippen molar-refractivity contribution in [3.8, 4) is 0 Å². The summed E-state index contributed by atoms with van der Waals surface area (Å²) in [5, 5.41) is 24.1. The Bertz CT molecular complexity index is 1410. The molecule has 6 rings (SSSR count). The molecule has 2 aliphatic heterocycles. The number of hydrogen-bond donors (Lipinski definition) is 2. The van der Waals surface area contributed by atoms with Crippen LogP contribution in [0, 0.1) is 33.8 Å². The van der Waals surface area contributed by atoms with E-state index in [1.165, 1.54) is 18.6 Å². The van der Waals surface area contributed by atoms with Gasteiger partial charge in [0, 0.05) is 63.3 Å². The number of nitro groups is 1. The largest absolute Gasteiger partial charge is 0.449 e. The Labute approximate surface area is 265 Å². The van der Waals surface area contributed by atoms with E-state index in [0.717, 1.165) is 38.9 Å². The highest BCUT2D eigenvalue weighted by molar-refractivity contribution is 5.99. The third kappa shape index (κ3) is 6.95. The van der Waals surface area contributed by atoms with Crippen molar-refractivity contribution in [1.82, 2.24) is 20.5 Å². The van der Waals surface area contributed by atoms with Gasteiger partial charge in [0.25, 0.3) is 0 Å². The Morgan fingerprint density at radius 3 is 2.70 bits per heavy atom. The summed E-state index contributed by atoms with van der Waals surface area (Å²) in [6.45, 7) is 8.61. The van der Waals surface area contributed by atoms with Gasteiger partial charge in [-0.3, -0.25) is 25.1 Å². The lowest BCUT2D eigenvalue weighted by atomic mass is 9.62. The predicted octanol–water partition coefficient (Wildman–Crippen LogP) is 3.76. The van der Waals surface area contributed by atoms with Crippen LogP contribution in [0.1, 0.15) is 58.8 Å². The van der Waals surface area contributed by atoms with Gasteiger partial charge >= 0.3 is 11.8 Å². The SMILES string of the molecule is CC1CC2CC(C)C3(OOC(CCOC(=O)Nc4ccc([N+](=O)[O-])c5nonc45)(CCC(=O)NCCN4CCOCC4)O3)C(C1)C2. The number of anilines is 1. The minimum atomic E-state index is -1.31. The molecule has 252 valence electrons.